The predicted octanol–water partition coefficient (Wildman–Crippen LogP) is 16.5. The van der Waals surface area contributed by atoms with Crippen LogP contribution in [-0.2, 0) is 0 Å². The molecule has 0 aliphatic heterocycles. The lowest BCUT2D eigenvalue weighted by molar-refractivity contribution is 1.29. The highest BCUT2D eigenvalue weighted by Crippen LogP contribution is 2.45. The summed E-state index contributed by atoms with van der Waals surface area (Å²) in [6, 6.07) is 78.7. The van der Waals surface area contributed by atoms with E-state index in [1.54, 1.807) is 11.3 Å². The van der Waals surface area contributed by atoms with Crippen molar-refractivity contribution in [2.24, 2.45) is 0 Å². The Morgan fingerprint density at radius 2 is 0.797 bits per heavy atom. The molecule has 2 heterocycles. The second kappa shape index (κ2) is 15.0. The van der Waals surface area contributed by atoms with Crippen molar-refractivity contribution >= 4 is 70.1 Å². The predicted molar refractivity (Wildman–Crippen MR) is 254 cm³/mol. The third kappa shape index (κ3) is 6.69. The number of anilines is 3. The van der Waals surface area contributed by atoms with Crippen LogP contribution in [0.4, 0.5) is 17.1 Å². The molecule has 0 amide bonds. The van der Waals surface area contributed by atoms with Crippen molar-refractivity contribution < 1.29 is 0 Å². The standard InChI is InChI=1S/C55H36N2S2/c1-4-11-37(12-5-1)39-19-21-41(22-20-39)42-27-29-46(30-28-42)57(47-18-10-17-45(35-47)43-25-23-40(24-26-43)38-13-6-2-7-14-38)48-31-32-49-52(36-48)58-51-34-33-50-54(53(49)51)59-55(56-50)44-15-8-3-9-16-44/h1-36H. The van der Waals surface area contributed by atoms with Gasteiger partial charge in [-0.2, -0.15) is 0 Å². The summed E-state index contributed by atoms with van der Waals surface area (Å²) in [5, 5.41) is 3.62. The Labute approximate surface area is 351 Å². The van der Waals surface area contributed by atoms with Crippen LogP contribution in [0.1, 0.15) is 0 Å². The molecule has 278 valence electrons. The number of hydrogen-bond donors (Lipinski definition) is 0. The lowest BCUT2D eigenvalue weighted by Crippen LogP contribution is -2.09. The van der Waals surface area contributed by atoms with Gasteiger partial charge in [-0.25, -0.2) is 4.98 Å². The zero-order valence-corrected chi connectivity index (χ0v) is 33.6. The molecule has 11 rings (SSSR count). The van der Waals surface area contributed by atoms with Gasteiger partial charge in [-0.05, 0) is 93.0 Å². The third-order valence-corrected chi connectivity index (χ3v) is 13.4. The molecule has 9 aromatic carbocycles. The molecule has 0 unspecified atom stereocenters. The molecule has 0 N–H and O–H groups in total. The molecule has 4 heteroatoms. The fraction of sp³-hybridized carbons (Fsp3) is 0. The molecule has 0 aliphatic rings. The second-order valence-corrected chi connectivity index (χ2v) is 16.9. The van der Waals surface area contributed by atoms with E-state index < -0.39 is 0 Å². The van der Waals surface area contributed by atoms with Crippen molar-refractivity contribution in [1.82, 2.24) is 4.98 Å². The number of thiophene rings is 1. The van der Waals surface area contributed by atoms with E-state index in [0.29, 0.717) is 0 Å². The van der Waals surface area contributed by atoms with Crippen molar-refractivity contribution in [3.63, 3.8) is 0 Å². The molecule has 2 aromatic heterocycles. The summed E-state index contributed by atoms with van der Waals surface area (Å²) >= 11 is 3.64. The number of benzene rings is 9. The average molecular weight is 789 g/mol. The SMILES string of the molecule is c1ccc(-c2ccc(-c3ccc(N(c4cccc(-c5ccc(-c6ccccc6)cc5)c4)c4ccc5c(c4)sc4ccc6nc(-c7ccccc7)sc6c45)cc3)cc2)cc1. The number of hydrogen-bond acceptors (Lipinski definition) is 4. The van der Waals surface area contributed by atoms with Crippen LogP contribution in [0.3, 0.4) is 0 Å². The van der Waals surface area contributed by atoms with Crippen molar-refractivity contribution in [3.05, 3.63) is 218 Å². The highest BCUT2D eigenvalue weighted by Gasteiger charge is 2.18. The zero-order valence-electron chi connectivity index (χ0n) is 32.0. The maximum absolute atomic E-state index is 5.06. The van der Waals surface area contributed by atoms with E-state index in [0.717, 1.165) is 33.1 Å². The van der Waals surface area contributed by atoms with Crippen LogP contribution in [0.5, 0.6) is 0 Å². The Morgan fingerprint density at radius 3 is 1.39 bits per heavy atom. The van der Waals surface area contributed by atoms with Crippen LogP contribution in [0.2, 0.25) is 0 Å². The Morgan fingerprint density at radius 1 is 0.322 bits per heavy atom. The minimum atomic E-state index is 1.05. The zero-order chi connectivity index (χ0) is 39.1. The van der Waals surface area contributed by atoms with Gasteiger partial charge in [0.05, 0.1) is 10.2 Å². The first kappa shape index (κ1) is 35.1. The second-order valence-electron chi connectivity index (χ2n) is 14.8. The molecule has 0 bridgehead atoms. The Balaban J connectivity index is 0.995. The summed E-state index contributed by atoms with van der Waals surface area (Å²) in [6.07, 6.45) is 0. The van der Waals surface area contributed by atoms with Crippen molar-refractivity contribution in [1.29, 1.82) is 0 Å². The van der Waals surface area contributed by atoms with Gasteiger partial charge in [-0.1, -0.05) is 170 Å². The topological polar surface area (TPSA) is 16.1 Å². The third-order valence-electron chi connectivity index (χ3n) is 11.1. The molecule has 0 saturated carbocycles. The molecule has 0 fully saturated rings. The summed E-state index contributed by atoms with van der Waals surface area (Å²) in [4.78, 5) is 7.45. The largest absolute Gasteiger partial charge is 0.310 e. The number of rotatable bonds is 8. The smallest absolute Gasteiger partial charge is 0.124 e. The van der Waals surface area contributed by atoms with Gasteiger partial charge in [0.1, 0.15) is 5.01 Å². The summed E-state index contributed by atoms with van der Waals surface area (Å²) in [5.74, 6) is 0. The molecule has 0 aliphatic carbocycles. The van der Waals surface area contributed by atoms with Crippen molar-refractivity contribution in [2.75, 3.05) is 4.90 Å². The van der Waals surface area contributed by atoms with Gasteiger partial charge < -0.3 is 4.90 Å². The molecule has 0 radical (unpaired) electrons. The van der Waals surface area contributed by atoms with Gasteiger partial charge in [0.25, 0.3) is 0 Å². The summed E-state index contributed by atoms with van der Waals surface area (Å²) in [5.41, 5.74) is 15.1. The molecule has 59 heavy (non-hydrogen) atoms. The molecular weight excluding hydrogens is 753 g/mol. The maximum Gasteiger partial charge on any atom is 0.124 e. The van der Waals surface area contributed by atoms with Gasteiger partial charge in [0.2, 0.25) is 0 Å². The summed E-state index contributed by atoms with van der Waals surface area (Å²) in [6.45, 7) is 0. The maximum atomic E-state index is 5.06. The van der Waals surface area contributed by atoms with Crippen LogP contribution in [-0.4, -0.2) is 4.98 Å². The summed E-state index contributed by atoms with van der Waals surface area (Å²) in [7, 11) is 0. The van der Waals surface area contributed by atoms with Crippen molar-refractivity contribution in [3.8, 4) is 55.1 Å². The van der Waals surface area contributed by atoms with Crippen LogP contribution < -0.4 is 4.90 Å². The molecular formula is C55H36N2S2. The Hall–Kier alpha value is -7.11. The van der Waals surface area contributed by atoms with E-state index in [2.05, 4.69) is 223 Å². The Kier molecular flexibility index (Phi) is 8.92. The van der Waals surface area contributed by atoms with E-state index >= 15 is 0 Å². The number of fused-ring (bicyclic) bond motifs is 5. The van der Waals surface area contributed by atoms with E-state index in [1.807, 2.05) is 11.3 Å². The highest BCUT2D eigenvalue weighted by atomic mass is 32.1. The lowest BCUT2D eigenvalue weighted by Gasteiger charge is -2.26. The highest BCUT2D eigenvalue weighted by molar-refractivity contribution is 7.28. The van der Waals surface area contributed by atoms with Gasteiger partial charge in [0, 0.05) is 42.8 Å². The molecule has 0 atom stereocenters. The van der Waals surface area contributed by atoms with Crippen LogP contribution >= 0.6 is 22.7 Å². The number of nitrogens with zero attached hydrogens (tertiary/aromatic N) is 2. The monoisotopic (exact) mass is 788 g/mol. The van der Waals surface area contributed by atoms with E-state index in [9.17, 15) is 0 Å². The Bertz CT molecular complexity index is 3220. The first-order chi connectivity index (χ1) is 29.2. The molecule has 0 saturated heterocycles. The van der Waals surface area contributed by atoms with E-state index in [4.69, 9.17) is 4.98 Å². The molecule has 2 nitrogen and oxygen atoms in total. The minimum absolute atomic E-state index is 1.05. The first-order valence-electron chi connectivity index (χ1n) is 19.9. The van der Waals surface area contributed by atoms with Gasteiger partial charge in [-0.3, -0.25) is 0 Å². The normalized spacial score (nSPS) is 11.4. The summed E-state index contributed by atoms with van der Waals surface area (Å²) < 4.78 is 3.78. The van der Waals surface area contributed by atoms with Gasteiger partial charge in [-0.15, -0.1) is 22.7 Å². The van der Waals surface area contributed by atoms with Crippen LogP contribution in [0.25, 0.3) is 85.5 Å². The van der Waals surface area contributed by atoms with E-state index in [1.165, 1.54) is 69.4 Å². The fourth-order valence-corrected chi connectivity index (χ4v) is 10.5. The first-order valence-corrected chi connectivity index (χ1v) is 21.5. The van der Waals surface area contributed by atoms with Crippen LogP contribution in [0.15, 0.2) is 218 Å². The fourth-order valence-electron chi connectivity index (χ4n) is 8.12. The minimum Gasteiger partial charge on any atom is -0.310 e. The lowest BCUT2D eigenvalue weighted by atomic mass is 9.99. The quantitative estimate of drug-likeness (QED) is 0.152. The number of thiazole rings is 1. The van der Waals surface area contributed by atoms with E-state index in [-0.39, 0.29) is 0 Å². The average Bonchev–Trinajstić information content (AvgIpc) is 3.92. The molecule has 0 spiro atoms. The number of aromatic nitrogens is 1. The van der Waals surface area contributed by atoms with Crippen LogP contribution in [0, 0.1) is 0 Å². The molecule has 11 aromatic rings. The van der Waals surface area contributed by atoms with Crippen molar-refractivity contribution in [2.45, 2.75) is 0 Å². The van der Waals surface area contributed by atoms with Gasteiger partial charge in [0.15, 0.2) is 0 Å². The van der Waals surface area contributed by atoms with Gasteiger partial charge >= 0.3 is 0 Å².